The maximum Gasteiger partial charge on any atom is 0.309 e. The highest BCUT2D eigenvalue weighted by Gasteiger charge is 2.28. The van der Waals surface area contributed by atoms with Crippen LogP contribution in [0.5, 0.6) is 5.75 Å². The molecule has 0 aromatic heterocycles. The van der Waals surface area contributed by atoms with E-state index in [0.29, 0.717) is 5.56 Å². The fourth-order valence-electron chi connectivity index (χ4n) is 1.71. The number of carboxylic acids is 1. The minimum Gasteiger partial charge on any atom is -0.495 e. The van der Waals surface area contributed by atoms with Gasteiger partial charge in [-0.3, -0.25) is 4.79 Å². The van der Waals surface area contributed by atoms with Gasteiger partial charge in [-0.2, -0.15) is 0 Å². The molecule has 0 saturated heterocycles. The first-order valence-corrected chi connectivity index (χ1v) is 7.57. The molecule has 1 N–H and O–H groups in total. The van der Waals surface area contributed by atoms with E-state index in [-0.39, 0.29) is 17.1 Å². The Hall–Kier alpha value is -1.56. The topological polar surface area (TPSA) is 80.7 Å². The number of ether oxygens (including phenoxy) is 1. The lowest BCUT2D eigenvalue weighted by atomic mass is 9.86. The van der Waals surface area contributed by atoms with Crippen LogP contribution in [0, 0.1) is 5.41 Å². The number of hydrogen-bond donors (Lipinski definition) is 1. The first kappa shape index (κ1) is 15.5. The van der Waals surface area contributed by atoms with Crippen LogP contribution >= 0.6 is 0 Å². The maximum atomic E-state index is 11.7. The minimum atomic E-state index is -3.42. The van der Waals surface area contributed by atoms with Gasteiger partial charge in [0.2, 0.25) is 0 Å². The number of hydrogen-bond acceptors (Lipinski definition) is 4. The fourth-order valence-corrected chi connectivity index (χ4v) is 2.59. The second-order valence-corrected chi connectivity index (χ2v) is 7.11. The number of aliphatic carboxylic acids is 1. The second-order valence-electron chi connectivity index (χ2n) is 5.12. The summed E-state index contributed by atoms with van der Waals surface area (Å²) in [5.41, 5.74) is -0.308. The Balaban J connectivity index is 3.24. The number of benzene rings is 1. The van der Waals surface area contributed by atoms with Crippen molar-refractivity contribution in [1.29, 1.82) is 0 Å². The van der Waals surface area contributed by atoms with Crippen molar-refractivity contribution in [1.82, 2.24) is 0 Å². The van der Waals surface area contributed by atoms with Crippen LogP contribution in [-0.4, -0.2) is 32.9 Å². The van der Waals surface area contributed by atoms with Crippen LogP contribution in [0.1, 0.15) is 19.4 Å². The van der Waals surface area contributed by atoms with Crippen molar-refractivity contribution in [3.63, 3.8) is 0 Å². The van der Waals surface area contributed by atoms with Crippen LogP contribution in [0.2, 0.25) is 0 Å². The zero-order chi connectivity index (χ0) is 14.8. The lowest BCUT2D eigenvalue weighted by Gasteiger charge is -2.19. The summed E-state index contributed by atoms with van der Waals surface area (Å²) in [7, 11) is -2.02. The Kier molecular flexibility index (Phi) is 4.25. The first-order valence-electron chi connectivity index (χ1n) is 5.68. The van der Waals surface area contributed by atoms with E-state index in [1.54, 1.807) is 26.0 Å². The van der Waals surface area contributed by atoms with Crippen molar-refractivity contribution >= 4 is 15.8 Å². The van der Waals surface area contributed by atoms with Gasteiger partial charge in [0, 0.05) is 6.26 Å². The fraction of sp³-hybridized carbons (Fsp3) is 0.462. The monoisotopic (exact) mass is 286 g/mol. The Morgan fingerprint density at radius 3 is 2.37 bits per heavy atom. The Labute approximate surface area is 113 Å². The molecule has 5 nitrogen and oxygen atoms in total. The third kappa shape index (κ3) is 3.70. The normalized spacial score (nSPS) is 12.2. The van der Waals surface area contributed by atoms with Gasteiger partial charge in [-0.25, -0.2) is 8.42 Å². The summed E-state index contributed by atoms with van der Waals surface area (Å²) >= 11 is 0. The predicted octanol–water partition coefficient (Wildman–Crippen LogP) is 1.75. The Bertz CT molecular complexity index is 587. The summed E-state index contributed by atoms with van der Waals surface area (Å²) in [4.78, 5) is 11.2. The number of rotatable bonds is 5. The van der Waals surface area contributed by atoms with Gasteiger partial charge in [0.05, 0.1) is 12.5 Å². The number of carbonyl (C=O) groups is 1. The molecule has 0 amide bonds. The smallest absolute Gasteiger partial charge is 0.309 e. The van der Waals surface area contributed by atoms with Gasteiger partial charge in [0.1, 0.15) is 10.6 Å². The van der Waals surface area contributed by atoms with Gasteiger partial charge < -0.3 is 9.84 Å². The number of sulfone groups is 1. The van der Waals surface area contributed by atoms with E-state index in [1.165, 1.54) is 13.2 Å². The predicted molar refractivity (Wildman–Crippen MR) is 71.2 cm³/mol. The molecule has 0 aliphatic rings. The van der Waals surface area contributed by atoms with Gasteiger partial charge in [0.15, 0.2) is 9.84 Å². The van der Waals surface area contributed by atoms with E-state index in [1.807, 2.05) is 0 Å². The zero-order valence-electron chi connectivity index (χ0n) is 11.4. The third-order valence-electron chi connectivity index (χ3n) is 2.85. The molecule has 1 rings (SSSR count). The largest absolute Gasteiger partial charge is 0.495 e. The van der Waals surface area contributed by atoms with Crippen LogP contribution in [0.3, 0.4) is 0 Å². The molecule has 0 saturated carbocycles. The second kappa shape index (κ2) is 5.21. The minimum absolute atomic E-state index is 0.0775. The van der Waals surface area contributed by atoms with E-state index in [9.17, 15) is 13.2 Å². The molecule has 0 radical (unpaired) electrons. The molecule has 106 valence electrons. The van der Waals surface area contributed by atoms with Gasteiger partial charge >= 0.3 is 5.97 Å². The first-order chi connectivity index (χ1) is 8.58. The molecule has 0 unspecified atom stereocenters. The molecule has 0 aliphatic heterocycles. The molecule has 0 bridgehead atoms. The SMILES string of the molecule is COc1ccc(CC(C)(C)C(=O)O)cc1S(C)(=O)=O. The Morgan fingerprint density at radius 2 is 1.95 bits per heavy atom. The molecular formula is C13H18O5S. The van der Waals surface area contributed by atoms with Crippen LogP contribution in [-0.2, 0) is 21.1 Å². The summed E-state index contributed by atoms with van der Waals surface area (Å²) in [6, 6.07) is 4.70. The van der Waals surface area contributed by atoms with E-state index in [0.717, 1.165) is 6.26 Å². The average Bonchev–Trinajstić information content (AvgIpc) is 2.27. The highest BCUT2D eigenvalue weighted by Crippen LogP contribution is 2.28. The van der Waals surface area contributed by atoms with Crippen LogP contribution in [0.25, 0.3) is 0 Å². The van der Waals surface area contributed by atoms with Crippen molar-refractivity contribution in [2.45, 2.75) is 25.2 Å². The van der Waals surface area contributed by atoms with Crippen molar-refractivity contribution in [3.8, 4) is 5.75 Å². The van der Waals surface area contributed by atoms with Crippen LogP contribution in [0.4, 0.5) is 0 Å². The van der Waals surface area contributed by atoms with Gasteiger partial charge in [-0.1, -0.05) is 6.07 Å². The summed E-state index contributed by atoms with van der Waals surface area (Å²) < 4.78 is 28.3. The molecule has 0 atom stereocenters. The molecule has 1 aromatic rings. The van der Waals surface area contributed by atoms with Gasteiger partial charge in [-0.15, -0.1) is 0 Å². The van der Waals surface area contributed by atoms with E-state index >= 15 is 0 Å². The summed E-state index contributed by atoms with van der Waals surface area (Å²) in [6.45, 7) is 3.19. The summed E-state index contributed by atoms with van der Waals surface area (Å²) in [6.07, 6.45) is 1.34. The molecular weight excluding hydrogens is 268 g/mol. The third-order valence-corrected chi connectivity index (χ3v) is 3.97. The molecule has 0 aliphatic carbocycles. The quantitative estimate of drug-likeness (QED) is 0.892. The van der Waals surface area contributed by atoms with Crippen LogP contribution < -0.4 is 4.74 Å². The molecule has 1 aromatic carbocycles. The number of methoxy groups -OCH3 is 1. The average molecular weight is 286 g/mol. The van der Waals surface area contributed by atoms with E-state index < -0.39 is 21.2 Å². The standard InChI is InChI=1S/C13H18O5S/c1-13(2,12(14)15)8-9-5-6-10(18-3)11(7-9)19(4,16)17/h5-7H,8H2,1-4H3,(H,14,15). The zero-order valence-corrected chi connectivity index (χ0v) is 12.2. The summed E-state index contributed by atoms with van der Waals surface area (Å²) in [5, 5.41) is 9.09. The maximum absolute atomic E-state index is 11.7. The Morgan fingerprint density at radius 1 is 1.37 bits per heavy atom. The molecule has 6 heteroatoms. The van der Waals surface area contributed by atoms with E-state index in [4.69, 9.17) is 9.84 Å². The van der Waals surface area contributed by atoms with Crippen molar-refractivity contribution < 1.29 is 23.1 Å². The van der Waals surface area contributed by atoms with Crippen molar-refractivity contribution in [2.24, 2.45) is 5.41 Å². The van der Waals surface area contributed by atoms with Gasteiger partial charge in [0.25, 0.3) is 0 Å². The molecule has 19 heavy (non-hydrogen) atoms. The lowest BCUT2D eigenvalue weighted by Crippen LogP contribution is -2.26. The number of carboxylic acid groups (broad SMARTS) is 1. The lowest BCUT2D eigenvalue weighted by molar-refractivity contribution is -0.146. The molecule has 0 heterocycles. The summed E-state index contributed by atoms with van der Waals surface area (Å²) in [5.74, 6) is -0.663. The highest BCUT2D eigenvalue weighted by atomic mass is 32.2. The van der Waals surface area contributed by atoms with Crippen LogP contribution in [0.15, 0.2) is 23.1 Å². The van der Waals surface area contributed by atoms with Gasteiger partial charge in [-0.05, 0) is 38.0 Å². The highest BCUT2D eigenvalue weighted by molar-refractivity contribution is 7.90. The van der Waals surface area contributed by atoms with Crippen molar-refractivity contribution in [2.75, 3.05) is 13.4 Å². The molecule has 0 spiro atoms. The van der Waals surface area contributed by atoms with E-state index in [2.05, 4.69) is 0 Å². The molecule has 0 fully saturated rings. The van der Waals surface area contributed by atoms with Crippen molar-refractivity contribution in [3.05, 3.63) is 23.8 Å².